The van der Waals surface area contributed by atoms with Crippen LogP contribution in [-0.4, -0.2) is 14.5 Å². The molecule has 0 amide bonds. The van der Waals surface area contributed by atoms with Crippen LogP contribution in [0.5, 0.6) is 0 Å². The predicted octanol–water partition coefficient (Wildman–Crippen LogP) is 1.73. The maximum absolute atomic E-state index is 13.0. The average Bonchev–Trinajstić information content (AvgIpc) is 2.20. The lowest BCUT2D eigenvalue weighted by Gasteiger charge is -2.18. The Labute approximate surface area is 101 Å². The monoisotopic (exact) mass is 260 g/mol. The number of benzene rings is 1. The van der Waals surface area contributed by atoms with E-state index in [0.29, 0.717) is 0 Å². The molecule has 0 heterocycles. The topological polar surface area (TPSA) is 72.2 Å². The van der Waals surface area contributed by atoms with E-state index in [-0.39, 0.29) is 22.5 Å². The van der Waals surface area contributed by atoms with E-state index in [1.54, 1.807) is 6.92 Å². The molecule has 0 spiro atoms. The molecule has 1 atom stereocenters. The molecular formula is C11H17FN2O2S. The largest absolute Gasteiger partial charge is 0.398 e. The molecule has 0 saturated heterocycles. The molecule has 0 aliphatic carbocycles. The molecule has 0 radical (unpaired) electrons. The summed E-state index contributed by atoms with van der Waals surface area (Å²) in [7, 11) is -3.77. The third-order valence-electron chi connectivity index (χ3n) is 2.61. The molecule has 3 N–H and O–H groups in total. The Balaban J connectivity index is 3.09. The number of nitrogens with two attached hydrogens (primary N) is 1. The lowest BCUT2D eigenvalue weighted by Crippen LogP contribution is -2.36. The van der Waals surface area contributed by atoms with Crippen molar-refractivity contribution in [1.29, 1.82) is 0 Å². The van der Waals surface area contributed by atoms with Crippen LogP contribution in [0.25, 0.3) is 0 Å². The van der Waals surface area contributed by atoms with E-state index in [9.17, 15) is 12.8 Å². The first-order valence-corrected chi connectivity index (χ1v) is 6.79. The highest BCUT2D eigenvalue weighted by atomic mass is 32.2. The van der Waals surface area contributed by atoms with Crippen LogP contribution in [0.15, 0.2) is 23.1 Å². The van der Waals surface area contributed by atoms with E-state index in [0.717, 1.165) is 12.1 Å². The number of nitrogens with one attached hydrogen (secondary N) is 1. The Bertz CT molecular complexity index is 500. The fourth-order valence-corrected chi connectivity index (χ4v) is 2.72. The van der Waals surface area contributed by atoms with E-state index in [1.165, 1.54) is 6.07 Å². The van der Waals surface area contributed by atoms with Crippen molar-refractivity contribution in [1.82, 2.24) is 4.72 Å². The zero-order valence-corrected chi connectivity index (χ0v) is 10.9. The van der Waals surface area contributed by atoms with Gasteiger partial charge in [-0.15, -0.1) is 0 Å². The Hall–Kier alpha value is -1.14. The first kappa shape index (κ1) is 13.9. The molecule has 4 nitrogen and oxygen atoms in total. The predicted molar refractivity (Wildman–Crippen MR) is 65.4 cm³/mol. The van der Waals surface area contributed by atoms with Gasteiger partial charge in [0, 0.05) is 6.04 Å². The first-order valence-electron chi connectivity index (χ1n) is 5.31. The van der Waals surface area contributed by atoms with Gasteiger partial charge in [0.1, 0.15) is 10.7 Å². The lowest BCUT2D eigenvalue weighted by atomic mass is 10.1. The molecule has 17 heavy (non-hydrogen) atoms. The Morgan fingerprint density at radius 2 is 1.88 bits per heavy atom. The fraction of sp³-hybridized carbons (Fsp3) is 0.455. The summed E-state index contributed by atoms with van der Waals surface area (Å²) in [6.45, 7) is 5.53. The molecule has 6 heteroatoms. The van der Waals surface area contributed by atoms with Crippen molar-refractivity contribution in [3.63, 3.8) is 0 Å². The van der Waals surface area contributed by atoms with Crippen molar-refractivity contribution in [2.24, 2.45) is 5.92 Å². The fourth-order valence-electron chi connectivity index (χ4n) is 1.19. The molecule has 1 aromatic carbocycles. The number of rotatable bonds is 4. The Morgan fingerprint density at radius 1 is 1.29 bits per heavy atom. The molecule has 0 fully saturated rings. The van der Waals surface area contributed by atoms with E-state index in [4.69, 9.17) is 5.73 Å². The number of hydrogen-bond donors (Lipinski definition) is 2. The molecule has 0 aliphatic heterocycles. The summed E-state index contributed by atoms with van der Waals surface area (Å²) < 4.78 is 39.4. The van der Waals surface area contributed by atoms with E-state index in [1.807, 2.05) is 13.8 Å². The second-order valence-electron chi connectivity index (χ2n) is 4.34. The Kier molecular flexibility index (Phi) is 4.11. The first-order chi connectivity index (χ1) is 7.74. The van der Waals surface area contributed by atoms with Crippen molar-refractivity contribution in [2.75, 3.05) is 5.73 Å². The van der Waals surface area contributed by atoms with Crippen molar-refractivity contribution in [2.45, 2.75) is 31.7 Å². The van der Waals surface area contributed by atoms with Crippen LogP contribution in [0, 0.1) is 11.7 Å². The third-order valence-corrected chi connectivity index (χ3v) is 4.22. The molecular weight excluding hydrogens is 243 g/mol. The van der Waals surface area contributed by atoms with Crippen LogP contribution in [0.4, 0.5) is 10.1 Å². The molecule has 1 aromatic rings. The highest BCUT2D eigenvalue weighted by Crippen LogP contribution is 2.20. The minimum atomic E-state index is -3.77. The van der Waals surface area contributed by atoms with Gasteiger partial charge in [-0.1, -0.05) is 13.8 Å². The van der Waals surface area contributed by atoms with E-state index < -0.39 is 15.8 Å². The molecule has 1 unspecified atom stereocenters. The van der Waals surface area contributed by atoms with Gasteiger partial charge < -0.3 is 5.73 Å². The maximum atomic E-state index is 13.0. The highest BCUT2D eigenvalue weighted by molar-refractivity contribution is 7.89. The van der Waals surface area contributed by atoms with Crippen LogP contribution in [0.3, 0.4) is 0 Å². The number of anilines is 1. The van der Waals surface area contributed by atoms with Crippen molar-refractivity contribution >= 4 is 15.7 Å². The summed E-state index contributed by atoms with van der Waals surface area (Å²) in [5.41, 5.74) is 5.58. The minimum absolute atomic E-state index is 0.0369. The van der Waals surface area contributed by atoms with Crippen LogP contribution in [0.2, 0.25) is 0 Å². The van der Waals surface area contributed by atoms with Crippen molar-refractivity contribution in [3.05, 3.63) is 24.0 Å². The van der Waals surface area contributed by atoms with Gasteiger partial charge in [0.25, 0.3) is 0 Å². The van der Waals surface area contributed by atoms with Gasteiger partial charge in [0.15, 0.2) is 0 Å². The Morgan fingerprint density at radius 3 is 2.41 bits per heavy atom. The smallest absolute Gasteiger partial charge is 0.242 e. The van der Waals surface area contributed by atoms with Gasteiger partial charge in [-0.3, -0.25) is 0 Å². The van der Waals surface area contributed by atoms with Crippen molar-refractivity contribution < 1.29 is 12.8 Å². The van der Waals surface area contributed by atoms with Gasteiger partial charge in [0.2, 0.25) is 10.0 Å². The zero-order chi connectivity index (χ0) is 13.2. The minimum Gasteiger partial charge on any atom is -0.398 e. The van der Waals surface area contributed by atoms with Crippen LogP contribution < -0.4 is 10.5 Å². The summed E-state index contributed by atoms with van der Waals surface area (Å²) in [5.74, 6) is -0.490. The van der Waals surface area contributed by atoms with Gasteiger partial charge >= 0.3 is 0 Å². The number of hydrogen-bond acceptors (Lipinski definition) is 3. The average molecular weight is 260 g/mol. The lowest BCUT2D eigenvalue weighted by molar-refractivity contribution is 0.476. The molecule has 0 aliphatic rings. The number of nitrogen functional groups attached to an aromatic ring is 1. The second-order valence-corrected chi connectivity index (χ2v) is 6.02. The molecule has 96 valence electrons. The maximum Gasteiger partial charge on any atom is 0.242 e. The van der Waals surface area contributed by atoms with Gasteiger partial charge in [-0.25, -0.2) is 17.5 Å². The summed E-state index contributed by atoms with van der Waals surface area (Å²) in [4.78, 5) is -0.218. The van der Waals surface area contributed by atoms with Gasteiger partial charge in [0.05, 0.1) is 5.69 Å². The summed E-state index contributed by atoms with van der Waals surface area (Å²) in [5, 5.41) is 0. The van der Waals surface area contributed by atoms with Crippen LogP contribution in [-0.2, 0) is 10.0 Å². The summed E-state index contributed by atoms with van der Waals surface area (Å²) in [6, 6.07) is 3.04. The van der Waals surface area contributed by atoms with Crippen molar-refractivity contribution in [3.8, 4) is 0 Å². The molecule has 1 rings (SSSR count). The number of halogens is 1. The number of sulfonamides is 1. The quantitative estimate of drug-likeness (QED) is 0.810. The van der Waals surface area contributed by atoms with E-state index in [2.05, 4.69) is 4.72 Å². The summed E-state index contributed by atoms with van der Waals surface area (Å²) in [6.07, 6.45) is 0. The SMILES string of the molecule is CC(C)C(C)NS(=O)(=O)c1cc(F)ccc1N. The molecule has 0 aromatic heterocycles. The normalized spacial score (nSPS) is 13.9. The molecule has 0 saturated carbocycles. The van der Waals surface area contributed by atoms with Gasteiger partial charge in [-0.05, 0) is 31.0 Å². The van der Waals surface area contributed by atoms with E-state index >= 15 is 0 Å². The van der Waals surface area contributed by atoms with Gasteiger partial charge in [-0.2, -0.15) is 0 Å². The highest BCUT2D eigenvalue weighted by Gasteiger charge is 2.21. The third kappa shape index (κ3) is 3.41. The second kappa shape index (κ2) is 5.01. The summed E-state index contributed by atoms with van der Waals surface area (Å²) >= 11 is 0. The zero-order valence-electron chi connectivity index (χ0n) is 10.1. The van der Waals surface area contributed by atoms with Crippen LogP contribution >= 0.6 is 0 Å². The standard InChI is InChI=1S/C11H17FN2O2S/c1-7(2)8(3)14-17(15,16)11-6-9(12)4-5-10(11)13/h4-8,14H,13H2,1-3H3. The van der Waals surface area contributed by atoms with Crippen LogP contribution in [0.1, 0.15) is 20.8 Å². The molecule has 0 bridgehead atoms.